The Morgan fingerprint density at radius 1 is 1.35 bits per heavy atom. The fourth-order valence-corrected chi connectivity index (χ4v) is 1.41. The Balaban J connectivity index is 2.73. The van der Waals surface area contributed by atoms with Crippen LogP contribution in [0.3, 0.4) is 0 Å². The van der Waals surface area contributed by atoms with Crippen LogP contribution in [0.5, 0.6) is 0 Å². The van der Waals surface area contributed by atoms with Gasteiger partial charge in [-0.2, -0.15) is 0 Å². The van der Waals surface area contributed by atoms with Gasteiger partial charge in [-0.15, -0.1) is 0 Å². The number of nitrogens with one attached hydrogen (secondary N) is 1. The predicted octanol–water partition coefficient (Wildman–Crippen LogP) is 1.23. The van der Waals surface area contributed by atoms with Crippen LogP contribution in [0.2, 0.25) is 0 Å². The number of hydrogen-bond acceptors (Lipinski definition) is 3. The fraction of sp³-hybridized carbons (Fsp3) is 0.462. The molecule has 0 saturated heterocycles. The largest absolute Gasteiger partial charge is 0.480 e. The molecule has 0 amide bonds. The molecule has 17 heavy (non-hydrogen) atoms. The van der Waals surface area contributed by atoms with Gasteiger partial charge in [0.25, 0.3) is 0 Å². The van der Waals surface area contributed by atoms with Crippen molar-refractivity contribution in [2.45, 2.75) is 32.9 Å². The van der Waals surface area contributed by atoms with Crippen LogP contribution in [-0.4, -0.2) is 28.3 Å². The molecule has 0 aliphatic carbocycles. The zero-order chi connectivity index (χ0) is 13.1. The highest BCUT2D eigenvalue weighted by atomic mass is 16.4. The normalized spacial score (nSPS) is 14.4. The minimum Gasteiger partial charge on any atom is -0.480 e. The van der Waals surface area contributed by atoms with Crippen molar-refractivity contribution in [1.82, 2.24) is 5.32 Å². The van der Waals surface area contributed by atoms with Crippen molar-refractivity contribution < 1.29 is 15.0 Å². The highest BCUT2D eigenvalue weighted by Gasteiger charge is 2.31. The number of rotatable bonds is 5. The van der Waals surface area contributed by atoms with E-state index in [2.05, 4.69) is 5.32 Å². The molecule has 0 spiro atoms. The van der Waals surface area contributed by atoms with Gasteiger partial charge in [0.2, 0.25) is 0 Å². The van der Waals surface area contributed by atoms with Gasteiger partial charge in [0.15, 0.2) is 0 Å². The zero-order valence-electron chi connectivity index (χ0n) is 10.4. The highest BCUT2D eigenvalue weighted by Crippen LogP contribution is 2.11. The van der Waals surface area contributed by atoms with Gasteiger partial charge < -0.3 is 10.2 Å². The van der Waals surface area contributed by atoms with E-state index in [0.29, 0.717) is 6.54 Å². The average molecular weight is 237 g/mol. The van der Waals surface area contributed by atoms with E-state index in [1.807, 2.05) is 32.0 Å². The second-order valence-electron chi connectivity index (χ2n) is 4.57. The first-order chi connectivity index (χ1) is 7.89. The summed E-state index contributed by atoms with van der Waals surface area (Å²) in [5, 5.41) is 20.9. The molecule has 1 atom stereocenters. The number of aliphatic hydroxyl groups excluding tert-OH is 1. The number of carboxylic acid groups (broad SMARTS) is 1. The van der Waals surface area contributed by atoms with Gasteiger partial charge in [-0.1, -0.05) is 18.2 Å². The van der Waals surface area contributed by atoms with Gasteiger partial charge in [-0.25, -0.2) is 0 Å². The standard InChI is InChI=1S/C13H19NO3/c1-9-4-5-11(6-10(9)2)7-14-13(3,8-15)12(16)17/h4-6,14-15H,7-8H2,1-3H3,(H,16,17). The summed E-state index contributed by atoms with van der Waals surface area (Å²) in [6.45, 7) is 5.50. The van der Waals surface area contributed by atoms with Crippen LogP contribution in [-0.2, 0) is 11.3 Å². The second-order valence-corrected chi connectivity index (χ2v) is 4.57. The predicted molar refractivity (Wildman–Crippen MR) is 65.9 cm³/mol. The third kappa shape index (κ3) is 3.28. The van der Waals surface area contributed by atoms with E-state index in [-0.39, 0.29) is 0 Å². The molecule has 0 bridgehead atoms. The van der Waals surface area contributed by atoms with Gasteiger partial charge in [0, 0.05) is 6.54 Å². The van der Waals surface area contributed by atoms with E-state index in [1.165, 1.54) is 18.1 Å². The van der Waals surface area contributed by atoms with E-state index in [9.17, 15) is 4.79 Å². The van der Waals surface area contributed by atoms with Gasteiger partial charge in [-0.05, 0) is 37.5 Å². The lowest BCUT2D eigenvalue weighted by molar-refractivity contribution is -0.145. The third-order valence-electron chi connectivity index (χ3n) is 3.04. The number of hydrogen-bond donors (Lipinski definition) is 3. The minimum atomic E-state index is -1.29. The van der Waals surface area contributed by atoms with Gasteiger partial charge in [0.05, 0.1) is 6.61 Å². The molecule has 0 heterocycles. The highest BCUT2D eigenvalue weighted by molar-refractivity contribution is 5.78. The number of aliphatic hydroxyl groups is 1. The Labute approximate surface area is 101 Å². The smallest absolute Gasteiger partial charge is 0.326 e. The number of carboxylic acids is 1. The van der Waals surface area contributed by atoms with Crippen LogP contribution in [0.25, 0.3) is 0 Å². The lowest BCUT2D eigenvalue weighted by atomic mass is 10.0. The van der Waals surface area contributed by atoms with Crippen molar-refractivity contribution in [2.75, 3.05) is 6.61 Å². The summed E-state index contributed by atoms with van der Waals surface area (Å²) >= 11 is 0. The fourth-order valence-electron chi connectivity index (χ4n) is 1.41. The molecule has 0 aliphatic rings. The van der Waals surface area contributed by atoms with Gasteiger partial charge in [-0.3, -0.25) is 10.1 Å². The third-order valence-corrected chi connectivity index (χ3v) is 3.04. The molecule has 0 radical (unpaired) electrons. The number of benzene rings is 1. The van der Waals surface area contributed by atoms with Crippen LogP contribution < -0.4 is 5.32 Å². The summed E-state index contributed by atoms with van der Waals surface area (Å²) in [7, 11) is 0. The molecule has 4 heteroatoms. The lowest BCUT2D eigenvalue weighted by Gasteiger charge is -2.23. The molecule has 0 aliphatic heterocycles. The van der Waals surface area contributed by atoms with E-state index < -0.39 is 18.1 Å². The maximum absolute atomic E-state index is 11.0. The number of aliphatic carboxylic acids is 1. The zero-order valence-corrected chi connectivity index (χ0v) is 10.4. The van der Waals surface area contributed by atoms with E-state index in [0.717, 1.165) is 5.56 Å². The molecular weight excluding hydrogens is 218 g/mol. The van der Waals surface area contributed by atoms with Crippen molar-refractivity contribution in [3.63, 3.8) is 0 Å². The van der Waals surface area contributed by atoms with Crippen LogP contribution >= 0.6 is 0 Å². The topological polar surface area (TPSA) is 69.6 Å². The summed E-state index contributed by atoms with van der Waals surface area (Å²) in [6, 6.07) is 5.97. The van der Waals surface area contributed by atoms with Crippen LogP contribution in [0.1, 0.15) is 23.6 Å². The van der Waals surface area contributed by atoms with E-state index >= 15 is 0 Å². The van der Waals surface area contributed by atoms with Crippen LogP contribution in [0.4, 0.5) is 0 Å². The Morgan fingerprint density at radius 3 is 2.47 bits per heavy atom. The molecule has 0 fully saturated rings. The Morgan fingerprint density at radius 2 is 2.00 bits per heavy atom. The number of carbonyl (C=O) groups is 1. The molecular formula is C13H19NO3. The van der Waals surface area contributed by atoms with Gasteiger partial charge >= 0.3 is 5.97 Å². The molecule has 94 valence electrons. The monoisotopic (exact) mass is 237 g/mol. The quantitative estimate of drug-likeness (QED) is 0.720. The summed E-state index contributed by atoms with van der Waals surface area (Å²) in [6.07, 6.45) is 0. The molecule has 0 aromatic heterocycles. The molecule has 4 nitrogen and oxygen atoms in total. The first-order valence-electron chi connectivity index (χ1n) is 5.54. The van der Waals surface area contributed by atoms with Crippen molar-refractivity contribution in [1.29, 1.82) is 0 Å². The summed E-state index contributed by atoms with van der Waals surface area (Å²) in [5.41, 5.74) is 2.09. The van der Waals surface area contributed by atoms with E-state index in [4.69, 9.17) is 10.2 Å². The van der Waals surface area contributed by atoms with Gasteiger partial charge in [0.1, 0.15) is 5.54 Å². The SMILES string of the molecule is Cc1ccc(CNC(C)(CO)C(=O)O)cc1C. The van der Waals surface area contributed by atoms with E-state index in [1.54, 1.807) is 0 Å². The maximum atomic E-state index is 11.0. The summed E-state index contributed by atoms with van der Waals surface area (Å²) in [5.74, 6) is -1.05. The van der Waals surface area contributed by atoms with Crippen LogP contribution in [0, 0.1) is 13.8 Å². The molecule has 3 N–H and O–H groups in total. The number of aryl methyl sites for hydroxylation is 2. The first kappa shape index (κ1) is 13.7. The maximum Gasteiger partial charge on any atom is 0.326 e. The summed E-state index contributed by atoms with van der Waals surface area (Å²) in [4.78, 5) is 11.0. The van der Waals surface area contributed by atoms with Crippen LogP contribution in [0.15, 0.2) is 18.2 Å². The van der Waals surface area contributed by atoms with Crippen molar-refractivity contribution in [2.24, 2.45) is 0 Å². The van der Waals surface area contributed by atoms with Crippen molar-refractivity contribution in [3.8, 4) is 0 Å². The molecule has 1 rings (SSSR count). The first-order valence-corrected chi connectivity index (χ1v) is 5.54. The summed E-state index contributed by atoms with van der Waals surface area (Å²) < 4.78 is 0. The Hall–Kier alpha value is -1.39. The molecule has 1 aromatic rings. The Kier molecular flexibility index (Phi) is 4.26. The lowest BCUT2D eigenvalue weighted by Crippen LogP contribution is -2.52. The molecule has 1 aromatic carbocycles. The van der Waals surface area contributed by atoms with Crippen molar-refractivity contribution >= 4 is 5.97 Å². The minimum absolute atomic E-state index is 0.421. The average Bonchev–Trinajstić information content (AvgIpc) is 2.30. The van der Waals surface area contributed by atoms with Crippen molar-refractivity contribution in [3.05, 3.63) is 34.9 Å². The molecule has 0 saturated carbocycles. The second kappa shape index (κ2) is 5.29. The Bertz CT molecular complexity index is 417. The molecule has 1 unspecified atom stereocenters.